The van der Waals surface area contributed by atoms with Gasteiger partial charge >= 0.3 is 12.0 Å². The Hall–Kier alpha value is -4.41. The fourth-order valence-electron chi connectivity index (χ4n) is 8.96. The Morgan fingerprint density at radius 3 is 2.41 bits per heavy atom. The number of methoxy groups -OCH3 is 2. The summed E-state index contributed by atoms with van der Waals surface area (Å²) in [6.07, 6.45) is 5.69. The lowest BCUT2D eigenvalue weighted by Gasteiger charge is -2.69. The minimum atomic E-state index is -1.13. The summed E-state index contributed by atoms with van der Waals surface area (Å²) in [5.74, 6) is -0.649. The van der Waals surface area contributed by atoms with Crippen molar-refractivity contribution in [1.29, 1.82) is 0 Å². The molecule has 4 fully saturated rings. The zero-order valence-corrected chi connectivity index (χ0v) is 23.1. The van der Waals surface area contributed by atoms with Crippen LogP contribution < -0.4 is 14.8 Å². The predicted octanol–water partition coefficient (Wildman–Crippen LogP) is 4.60. The van der Waals surface area contributed by atoms with E-state index in [0.717, 1.165) is 17.5 Å². The van der Waals surface area contributed by atoms with Crippen LogP contribution in [0.15, 0.2) is 54.9 Å². The molecule has 2 N–H and O–H groups in total. The lowest BCUT2D eigenvalue weighted by atomic mass is 9.35. The van der Waals surface area contributed by atoms with Crippen molar-refractivity contribution < 1.29 is 29.1 Å². The third-order valence-electron chi connectivity index (χ3n) is 9.63. The van der Waals surface area contributed by atoms with Crippen molar-refractivity contribution in [2.45, 2.75) is 55.4 Å². The molecule has 11 nitrogen and oxygen atoms in total. The third-order valence-corrected chi connectivity index (χ3v) is 9.63. The molecule has 5 unspecified atom stereocenters. The number of carbonyl (C=O) groups is 2. The Bertz CT molecular complexity index is 1530. The van der Waals surface area contributed by atoms with Crippen LogP contribution in [0.3, 0.4) is 0 Å². The molecule has 1 heterocycles. The third kappa shape index (κ3) is 3.89. The standard InChI is InChI=1S/C30H32N4O7/c1-18-12-20(34(38)39)8-9-21(18)29-14-19-13-28(16-29,24-22(40-2)6-4-7-23(24)41-3)17-30(15-19,25(29)26(35)36)32-27(37)33-11-5-10-31-33/h4-12,19,25H,13-17H2,1-3H3,(H,32,37)(H,35,36). The Morgan fingerprint density at radius 2 is 1.83 bits per heavy atom. The summed E-state index contributed by atoms with van der Waals surface area (Å²) in [5, 5.41) is 29.8. The monoisotopic (exact) mass is 560 g/mol. The highest BCUT2D eigenvalue weighted by Crippen LogP contribution is 2.71. The van der Waals surface area contributed by atoms with Crippen molar-refractivity contribution in [1.82, 2.24) is 15.1 Å². The van der Waals surface area contributed by atoms with E-state index in [0.29, 0.717) is 42.7 Å². The first-order valence-corrected chi connectivity index (χ1v) is 13.6. The molecule has 41 heavy (non-hydrogen) atoms. The SMILES string of the molecule is COc1cccc(OC)c1C12CC3CC(NC(=O)n4cccn4)(C1)C(C(=O)O)C(c1ccc([N+](=O)[O-])cc1C)(C3)C2. The maximum absolute atomic E-state index is 13.5. The number of aryl methyl sites for hydroxylation is 1. The first-order valence-electron chi connectivity index (χ1n) is 13.6. The zero-order valence-electron chi connectivity index (χ0n) is 23.1. The molecular formula is C30H32N4O7. The van der Waals surface area contributed by atoms with Crippen LogP contribution in [0, 0.1) is 28.9 Å². The van der Waals surface area contributed by atoms with Gasteiger partial charge in [0, 0.05) is 40.9 Å². The van der Waals surface area contributed by atoms with Gasteiger partial charge in [-0.1, -0.05) is 12.1 Å². The lowest BCUT2D eigenvalue weighted by Crippen LogP contribution is -2.75. The largest absolute Gasteiger partial charge is 0.496 e. The van der Waals surface area contributed by atoms with E-state index in [1.54, 1.807) is 33.3 Å². The van der Waals surface area contributed by atoms with Crippen LogP contribution in [-0.2, 0) is 15.6 Å². The van der Waals surface area contributed by atoms with Gasteiger partial charge in [0.2, 0.25) is 0 Å². The number of nitrogens with one attached hydrogen (secondary N) is 1. The lowest BCUT2D eigenvalue weighted by molar-refractivity contribution is -0.384. The molecule has 0 radical (unpaired) electrons. The number of carboxylic acids is 1. The van der Waals surface area contributed by atoms with E-state index in [9.17, 15) is 24.8 Å². The summed E-state index contributed by atoms with van der Waals surface area (Å²) >= 11 is 0. The predicted molar refractivity (Wildman–Crippen MR) is 147 cm³/mol. The Kier molecular flexibility index (Phi) is 6.09. The van der Waals surface area contributed by atoms with Crippen molar-refractivity contribution >= 4 is 17.7 Å². The van der Waals surface area contributed by atoms with Crippen molar-refractivity contribution in [2.75, 3.05) is 14.2 Å². The van der Waals surface area contributed by atoms with Gasteiger partial charge in [-0.25, -0.2) is 4.79 Å². The Morgan fingerprint density at radius 1 is 1.10 bits per heavy atom. The number of benzene rings is 2. The molecule has 7 rings (SSSR count). The molecule has 4 bridgehead atoms. The second-order valence-corrected chi connectivity index (χ2v) is 11.9. The number of carboxylic acid groups (broad SMARTS) is 1. The van der Waals surface area contributed by atoms with Crippen LogP contribution in [0.25, 0.3) is 0 Å². The van der Waals surface area contributed by atoms with Gasteiger partial charge in [-0.15, -0.1) is 0 Å². The first kappa shape index (κ1) is 26.8. The number of ether oxygens (including phenoxy) is 2. The van der Waals surface area contributed by atoms with E-state index in [1.165, 1.54) is 29.2 Å². The zero-order chi connectivity index (χ0) is 29.2. The molecule has 0 spiro atoms. The van der Waals surface area contributed by atoms with Crippen molar-refractivity contribution in [3.05, 3.63) is 81.7 Å². The molecule has 11 heteroatoms. The number of nitro benzene ring substituents is 1. The van der Waals surface area contributed by atoms with Gasteiger partial charge in [-0.3, -0.25) is 14.9 Å². The summed E-state index contributed by atoms with van der Waals surface area (Å²) in [6, 6.07) is 11.4. The minimum absolute atomic E-state index is 0.0503. The molecule has 5 atom stereocenters. The van der Waals surface area contributed by atoms with Gasteiger partial charge in [0.25, 0.3) is 5.69 Å². The van der Waals surface area contributed by atoms with Gasteiger partial charge in [0.1, 0.15) is 11.5 Å². The average Bonchev–Trinajstić information content (AvgIpc) is 3.46. The molecule has 3 aromatic rings. The van der Waals surface area contributed by atoms with E-state index in [-0.39, 0.29) is 11.6 Å². The van der Waals surface area contributed by atoms with E-state index in [2.05, 4.69) is 10.4 Å². The van der Waals surface area contributed by atoms with Crippen molar-refractivity contribution in [3.8, 4) is 11.5 Å². The fourth-order valence-corrected chi connectivity index (χ4v) is 8.96. The maximum atomic E-state index is 13.5. The Labute approximate surface area is 236 Å². The Balaban J connectivity index is 1.61. The number of amides is 1. The number of nitro groups is 1. The van der Waals surface area contributed by atoms with Crippen LogP contribution >= 0.6 is 0 Å². The van der Waals surface area contributed by atoms with E-state index in [1.807, 2.05) is 18.2 Å². The average molecular weight is 561 g/mol. The van der Waals surface area contributed by atoms with Gasteiger partial charge in [0.15, 0.2) is 0 Å². The van der Waals surface area contributed by atoms with Gasteiger partial charge in [0.05, 0.1) is 30.6 Å². The second-order valence-electron chi connectivity index (χ2n) is 11.9. The molecule has 214 valence electrons. The van der Waals surface area contributed by atoms with Gasteiger partial charge in [-0.2, -0.15) is 9.78 Å². The number of carbonyl (C=O) groups excluding carboxylic acids is 1. The van der Waals surface area contributed by atoms with Crippen LogP contribution in [0.2, 0.25) is 0 Å². The molecular weight excluding hydrogens is 528 g/mol. The summed E-state index contributed by atoms with van der Waals surface area (Å²) < 4.78 is 12.9. The highest BCUT2D eigenvalue weighted by atomic mass is 16.6. The number of hydrogen-bond acceptors (Lipinski definition) is 7. The van der Waals surface area contributed by atoms with Gasteiger partial charge < -0.3 is 19.9 Å². The number of rotatable bonds is 7. The smallest absolute Gasteiger partial charge is 0.342 e. The summed E-state index contributed by atoms with van der Waals surface area (Å²) in [7, 11) is 3.20. The van der Waals surface area contributed by atoms with Crippen molar-refractivity contribution in [3.63, 3.8) is 0 Å². The maximum Gasteiger partial charge on any atom is 0.342 e. The van der Waals surface area contributed by atoms with Crippen molar-refractivity contribution in [2.24, 2.45) is 11.8 Å². The number of aromatic nitrogens is 2. The molecule has 1 aromatic heterocycles. The molecule has 4 aliphatic rings. The summed E-state index contributed by atoms with van der Waals surface area (Å²) in [5.41, 5.74) is -0.428. The quantitative estimate of drug-likeness (QED) is 0.315. The van der Waals surface area contributed by atoms with Crippen LogP contribution in [0.5, 0.6) is 11.5 Å². The number of nitrogens with zero attached hydrogens (tertiary/aromatic N) is 3. The number of non-ortho nitro benzene ring substituents is 1. The number of aliphatic carboxylic acids is 1. The fraction of sp³-hybridized carbons (Fsp3) is 0.433. The minimum Gasteiger partial charge on any atom is -0.496 e. The normalized spacial score (nSPS) is 29.6. The van der Waals surface area contributed by atoms with E-state index < -0.39 is 39.2 Å². The van der Waals surface area contributed by atoms with E-state index in [4.69, 9.17) is 9.47 Å². The highest BCUT2D eigenvalue weighted by Gasteiger charge is 2.72. The van der Waals surface area contributed by atoms with Crippen LogP contribution in [-0.4, -0.2) is 51.6 Å². The van der Waals surface area contributed by atoms with Crippen LogP contribution in [0.4, 0.5) is 10.5 Å². The summed E-state index contributed by atoms with van der Waals surface area (Å²) in [6.45, 7) is 1.80. The topological polar surface area (TPSA) is 146 Å². The second kappa shape index (κ2) is 9.32. The molecule has 1 amide bonds. The summed E-state index contributed by atoms with van der Waals surface area (Å²) in [4.78, 5) is 38.1. The molecule has 4 aliphatic carbocycles. The molecule has 0 aliphatic heterocycles. The number of hydrogen-bond donors (Lipinski definition) is 2. The van der Waals surface area contributed by atoms with E-state index >= 15 is 0 Å². The van der Waals surface area contributed by atoms with Crippen LogP contribution in [0.1, 0.15) is 48.8 Å². The highest BCUT2D eigenvalue weighted by molar-refractivity contribution is 5.81. The molecule has 4 saturated carbocycles. The van der Waals surface area contributed by atoms with Gasteiger partial charge in [-0.05, 0) is 74.3 Å². The molecule has 0 saturated heterocycles. The first-order chi connectivity index (χ1) is 19.6. The molecule has 2 aromatic carbocycles.